The summed E-state index contributed by atoms with van der Waals surface area (Å²) in [4.78, 5) is 21.3. The molecule has 0 spiro atoms. The fourth-order valence-corrected chi connectivity index (χ4v) is 1.40. The highest BCUT2D eigenvalue weighted by molar-refractivity contribution is 6.64. The summed E-state index contributed by atoms with van der Waals surface area (Å²) < 4.78 is 0. The zero-order valence-corrected chi connectivity index (χ0v) is 6.36. The first kappa shape index (κ1) is 7.73. The highest BCUT2D eigenvalue weighted by Gasteiger charge is 2.23. The van der Waals surface area contributed by atoms with Crippen molar-refractivity contribution < 1.29 is 9.59 Å². The summed E-state index contributed by atoms with van der Waals surface area (Å²) >= 11 is 5.23. The maximum absolute atomic E-state index is 10.8. The van der Waals surface area contributed by atoms with Gasteiger partial charge in [-0.3, -0.25) is 9.59 Å². The van der Waals surface area contributed by atoms with Crippen LogP contribution in [-0.4, -0.2) is 11.0 Å². The van der Waals surface area contributed by atoms with Crippen LogP contribution < -0.4 is 0 Å². The molecule has 56 valence electrons. The van der Waals surface area contributed by atoms with E-state index in [9.17, 15) is 9.59 Å². The summed E-state index contributed by atoms with van der Waals surface area (Å²) in [5.41, 5.74) is 0. The van der Waals surface area contributed by atoms with E-state index in [2.05, 4.69) is 0 Å². The van der Waals surface area contributed by atoms with Gasteiger partial charge >= 0.3 is 0 Å². The fraction of sp³-hybridized carbons (Fsp3) is 0.714. The number of halogens is 1. The Kier molecular flexibility index (Phi) is 2.44. The SMILES string of the molecule is O=C1CCCC(C(=O)Cl)C1. The molecule has 0 aromatic rings. The molecule has 0 amide bonds. The second-order valence-electron chi connectivity index (χ2n) is 2.64. The lowest BCUT2D eigenvalue weighted by molar-refractivity contribution is -0.126. The molecule has 0 bridgehead atoms. The van der Waals surface area contributed by atoms with Crippen molar-refractivity contribution in [3.63, 3.8) is 0 Å². The van der Waals surface area contributed by atoms with Crippen LogP contribution >= 0.6 is 11.6 Å². The van der Waals surface area contributed by atoms with Gasteiger partial charge in [0.15, 0.2) is 0 Å². The molecule has 3 heteroatoms. The molecule has 2 nitrogen and oxygen atoms in total. The van der Waals surface area contributed by atoms with Crippen LogP contribution in [0.3, 0.4) is 0 Å². The van der Waals surface area contributed by atoms with Gasteiger partial charge < -0.3 is 0 Å². The van der Waals surface area contributed by atoms with Gasteiger partial charge in [0, 0.05) is 18.8 Å². The minimum Gasteiger partial charge on any atom is -0.300 e. The minimum atomic E-state index is -0.354. The van der Waals surface area contributed by atoms with Gasteiger partial charge in [0.1, 0.15) is 5.78 Å². The Hall–Kier alpha value is -0.370. The molecule has 0 heterocycles. The molecule has 10 heavy (non-hydrogen) atoms. The van der Waals surface area contributed by atoms with E-state index in [4.69, 9.17) is 11.6 Å². The number of carbonyl (C=O) groups is 2. The van der Waals surface area contributed by atoms with E-state index in [1.165, 1.54) is 0 Å². The predicted molar refractivity (Wildman–Crippen MR) is 37.8 cm³/mol. The third-order valence-corrected chi connectivity index (χ3v) is 2.11. The topological polar surface area (TPSA) is 34.1 Å². The molecule has 1 fully saturated rings. The number of rotatable bonds is 1. The highest BCUT2D eigenvalue weighted by atomic mass is 35.5. The van der Waals surface area contributed by atoms with E-state index in [-0.39, 0.29) is 16.9 Å². The lowest BCUT2D eigenvalue weighted by Gasteiger charge is -2.15. The molecule has 1 aliphatic rings. The molecule has 1 unspecified atom stereocenters. The van der Waals surface area contributed by atoms with Crippen LogP contribution in [0, 0.1) is 5.92 Å². The van der Waals surface area contributed by atoms with Crippen molar-refractivity contribution in [3.05, 3.63) is 0 Å². The van der Waals surface area contributed by atoms with Crippen molar-refractivity contribution in [2.75, 3.05) is 0 Å². The van der Waals surface area contributed by atoms with E-state index < -0.39 is 0 Å². The molecular formula is C7H9ClO2. The van der Waals surface area contributed by atoms with E-state index in [0.29, 0.717) is 12.8 Å². The zero-order valence-electron chi connectivity index (χ0n) is 5.60. The third-order valence-electron chi connectivity index (χ3n) is 1.80. The summed E-state index contributed by atoms with van der Waals surface area (Å²) in [6.45, 7) is 0. The van der Waals surface area contributed by atoms with E-state index in [1.807, 2.05) is 0 Å². The second-order valence-corrected chi connectivity index (χ2v) is 3.01. The van der Waals surface area contributed by atoms with Gasteiger partial charge in [-0.1, -0.05) is 0 Å². The summed E-state index contributed by atoms with van der Waals surface area (Å²) in [7, 11) is 0. The Morgan fingerprint density at radius 3 is 2.70 bits per heavy atom. The molecule has 0 radical (unpaired) electrons. The summed E-state index contributed by atoms with van der Waals surface area (Å²) in [5.74, 6) is -0.0202. The first-order valence-corrected chi connectivity index (χ1v) is 3.79. The van der Waals surface area contributed by atoms with Gasteiger partial charge in [-0.05, 0) is 24.4 Å². The molecule has 0 aromatic heterocycles. The number of hydrogen-bond acceptors (Lipinski definition) is 2. The van der Waals surface area contributed by atoms with Gasteiger partial charge in [0.25, 0.3) is 0 Å². The second kappa shape index (κ2) is 3.15. The average molecular weight is 161 g/mol. The van der Waals surface area contributed by atoms with Crippen LogP contribution in [0.1, 0.15) is 25.7 Å². The van der Waals surface area contributed by atoms with Crippen LogP contribution in [0.15, 0.2) is 0 Å². The first-order valence-electron chi connectivity index (χ1n) is 3.41. The van der Waals surface area contributed by atoms with Crippen molar-refractivity contribution in [3.8, 4) is 0 Å². The van der Waals surface area contributed by atoms with Crippen molar-refractivity contribution in [1.29, 1.82) is 0 Å². The third kappa shape index (κ3) is 1.81. The van der Waals surface area contributed by atoms with Crippen LogP contribution in [0.5, 0.6) is 0 Å². The fourth-order valence-electron chi connectivity index (χ4n) is 1.22. The first-order chi connectivity index (χ1) is 4.70. The molecule has 1 atom stereocenters. The largest absolute Gasteiger partial charge is 0.300 e. The van der Waals surface area contributed by atoms with Gasteiger partial charge in [-0.2, -0.15) is 0 Å². The van der Waals surface area contributed by atoms with Crippen molar-refractivity contribution in [2.45, 2.75) is 25.7 Å². The zero-order chi connectivity index (χ0) is 7.56. The van der Waals surface area contributed by atoms with E-state index >= 15 is 0 Å². The standard InChI is InChI=1S/C7H9ClO2/c8-7(10)5-2-1-3-6(9)4-5/h5H,1-4H2. The molecule has 0 aromatic carbocycles. The van der Waals surface area contributed by atoms with Gasteiger partial charge in [-0.15, -0.1) is 0 Å². The Morgan fingerprint density at radius 1 is 1.60 bits per heavy atom. The summed E-state index contributed by atoms with van der Waals surface area (Å²) in [5, 5.41) is -0.354. The van der Waals surface area contributed by atoms with Crippen LogP contribution in [0.2, 0.25) is 0 Å². The molecular weight excluding hydrogens is 152 g/mol. The van der Waals surface area contributed by atoms with Crippen molar-refractivity contribution >= 4 is 22.6 Å². The molecule has 0 aliphatic heterocycles. The smallest absolute Gasteiger partial charge is 0.225 e. The normalized spacial score (nSPS) is 26.5. The Labute approximate surface area is 64.5 Å². The molecule has 1 aliphatic carbocycles. The lowest BCUT2D eigenvalue weighted by atomic mass is 9.89. The van der Waals surface area contributed by atoms with Crippen molar-refractivity contribution in [2.24, 2.45) is 5.92 Å². The van der Waals surface area contributed by atoms with Crippen LogP contribution in [0.25, 0.3) is 0 Å². The average Bonchev–Trinajstić information content (AvgIpc) is 1.88. The number of carbonyl (C=O) groups excluding carboxylic acids is 2. The molecule has 0 saturated heterocycles. The summed E-state index contributed by atoms with van der Waals surface area (Å²) in [6.07, 6.45) is 2.60. The molecule has 1 rings (SSSR count). The quantitative estimate of drug-likeness (QED) is 0.545. The Balaban J connectivity index is 2.47. The Bertz CT molecular complexity index is 163. The summed E-state index contributed by atoms with van der Waals surface area (Å²) in [6, 6.07) is 0. The van der Waals surface area contributed by atoms with Crippen LogP contribution in [-0.2, 0) is 9.59 Å². The number of Topliss-reactive ketones (excluding diaryl/α,β-unsaturated/α-hetero) is 1. The minimum absolute atomic E-state index is 0.172. The van der Waals surface area contributed by atoms with Gasteiger partial charge in [0.05, 0.1) is 0 Å². The maximum Gasteiger partial charge on any atom is 0.225 e. The molecule has 1 saturated carbocycles. The van der Waals surface area contributed by atoms with E-state index in [0.717, 1.165) is 12.8 Å². The van der Waals surface area contributed by atoms with Gasteiger partial charge in [0.2, 0.25) is 5.24 Å². The maximum atomic E-state index is 10.8. The lowest BCUT2D eigenvalue weighted by Crippen LogP contribution is -2.19. The Morgan fingerprint density at radius 2 is 2.30 bits per heavy atom. The predicted octanol–water partition coefficient (Wildman–Crippen LogP) is 1.51. The van der Waals surface area contributed by atoms with E-state index in [1.54, 1.807) is 0 Å². The van der Waals surface area contributed by atoms with Crippen molar-refractivity contribution in [1.82, 2.24) is 0 Å². The highest BCUT2D eigenvalue weighted by Crippen LogP contribution is 2.22. The monoisotopic (exact) mass is 160 g/mol. The van der Waals surface area contributed by atoms with Gasteiger partial charge in [-0.25, -0.2) is 0 Å². The van der Waals surface area contributed by atoms with Crippen LogP contribution in [0.4, 0.5) is 0 Å². The number of hydrogen-bond donors (Lipinski definition) is 0. The molecule has 0 N–H and O–H groups in total. The number of ketones is 1.